The molecule has 0 spiro atoms. The third-order valence-corrected chi connectivity index (χ3v) is 10.4. The summed E-state index contributed by atoms with van der Waals surface area (Å²) in [6.45, 7) is 4.51. The van der Waals surface area contributed by atoms with E-state index in [-0.39, 0.29) is 24.3 Å². The number of fused-ring (bicyclic) bond motifs is 2. The fourth-order valence-corrected chi connectivity index (χ4v) is 8.00. The number of hydrogen-bond acceptors (Lipinski definition) is 7. The minimum Gasteiger partial charge on any atom is -0.335 e. The van der Waals surface area contributed by atoms with E-state index in [0.29, 0.717) is 18.0 Å². The van der Waals surface area contributed by atoms with Crippen LogP contribution in [0.5, 0.6) is 0 Å². The summed E-state index contributed by atoms with van der Waals surface area (Å²) in [7, 11) is -8.11. The number of thiophene rings is 1. The largest absolute Gasteiger partial charge is 0.335 e. The Kier molecular flexibility index (Phi) is 9.52. The van der Waals surface area contributed by atoms with Crippen molar-refractivity contribution in [3.8, 4) is 0 Å². The van der Waals surface area contributed by atoms with Gasteiger partial charge < -0.3 is 4.90 Å². The van der Waals surface area contributed by atoms with Crippen LogP contribution in [0.25, 0.3) is 16.2 Å². The smallest absolute Gasteiger partial charge is 0.264 e. The molecule has 4 rings (SSSR count). The maximum absolute atomic E-state index is 11.3. The lowest BCUT2D eigenvalue weighted by Crippen LogP contribution is -2.21. The number of halogens is 1. The second kappa shape index (κ2) is 12.3. The summed E-state index contributed by atoms with van der Waals surface area (Å²) >= 11 is 9.50. The van der Waals surface area contributed by atoms with Crippen molar-refractivity contribution in [3.63, 3.8) is 0 Å². The number of aryl methyl sites for hydroxylation is 2. The highest BCUT2D eigenvalue weighted by Gasteiger charge is 2.25. The highest BCUT2D eigenvalue weighted by atomic mass is 35.5. The molecule has 12 heteroatoms. The monoisotopic (exact) mass is 627 g/mol. The lowest BCUT2D eigenvalue weighted by molar-refractivity contribution is 0.479. The molecule has 0 bridgehead atoms. The van der Waals surface area contributed by atoms with Crippen LogP contribution in [-0.4, -0.2) is 44.0 Å². The predicted molar refractivity (Wildman–Crippen MR) is 163 cm³/mol. The molecule has 0 aliphatic carbocycles. The quantitative estimate of drug-likeness (QED) is 0.215. The van der Waals surface area contributed by atoms with Gasteiger partial charge in [0.15, 0.2) is 0 Å². The summed E-state index contributed by atoms with van der Waals surface area (Å²) in [4.78, 5) is 4.18. The van der Waals surface area contributed by atoms with Gasteiger partial charge in [0.2, 0.25) is 0 Å². The fraction of sp³-hybridized carbons (Fsp3) is 0.333. The van der Waals surface area contributed by atoms with Gasteiger partial charge in [-0.25, -0.2) is 0 Å². The van der Waals surface area contributed by atoms with Gasteiger partial charge in [0.1, 0.15) is 0 Å². The van der Waals surface area contributed by atoms with E-state index in [0.717, 1.165) is 53.7 Å². The van der Waals surface area contributed by atoms with E-state index in [9.17, 15) is 25.9 Å². The molecular weight excluding hydrogens is 598 g/mol. The van der Waals surface area contributed by atoms with Crippen molar-refractivity contribution < 1.29 is 25.9 Å². The number of allylic oxidation sites excluding steroid dienone is 2. The first-order valence-electron chi connectivity index (χ1n) is 12.4. The minimum absolute atomic E-state index is 0.282. The Morgan fingerprint density at radius 2 is 1.74 bits per heavy atom. The molecule has 0 atom stereocenters. The van der Waals surface area contributed by atoms with E-state index in [1.807, 2.05) is 31.2 Å². The van der Waals surface area contributed by atoms with Crippen molar-refractivity contribution in [2.75, 3.05) is 23.0 Å². The van der Waals surface area contributed by atoms with Crippen LogP contribution >= 0.6 is 34.7 Å². The van der Waals surface area contributed by atoms with Gasteiger partial charge >= 0.3 is 0 Å². The molecule has 0 amide bonds. The molecule has 0 saturated carbocycles. The number of rotatable bonds is 11. The van der Waals surface area contributed by atoms with E-state index in [4.69, 9.17) is 11.6 Å². The molecule has 1 aromatic heterocycles. The zero-order chi connectivity index (χ0) is 28.4. The minimum atomic E-state index is -4.06. The molecule has 2 N–H and O–H groups in total. The van der Waals surface area contributed by atoms with Crippen LogP contribution in [0.15, 0.2) is 58.0 Å². The van der Waals surface area contributed by atoms with Crippen LogP contribution in [0.2, 0.25) is 5.02 Å². The van der Waals surface area contributed by atoms with Gasteiger partial charge in [-0.3, -0.25) is 9.11 Å². The number of benzene rings is 2. The SMILES string of the molecule is CCC(=Cc1sc2ccc(Cl)cc2c1CCCS(=O)(=O)O)/C=C1\Sc2ccc(C)cc2N1CCCS(=O)(=O)O. The topological polar surface area (TPSA) is 112 Å². The van der Waals surface area contributed by atoms with Gasteiger partial charge in [-0.1, -0.05) is 36.4 Å². The standard InChI is InChI=1S/C27H30ClNO6S4/c1-3-19(15-26-21(6-4-12-38(30,31)32)22-17-20(28)8-10-24(22)36-26)16-27-29(11-5-13-39(33,34)35)23-14-18(2)7-9-25(23)37-27/h7-10,14-17H,3-6,11-13H2,1-2H3,(H,30,31,32)(H,33,34,35)/b19-15?,27-16-. The van der Waals surface area contributed by atoms with Crippen LogP contribution in [0.3, 0.4) is 0 Å². The zero-order valence-corrected chi connectivity index (χ0v) is 25.6. The van der Waals surface area contributed by atoms with Crippen LogP contribution in [-0.2, 0) is 26.7 Å². The fourth-order valence-electron chi connectivity index (χ4n) is 4.47. The van der Waals surface area contributed by atoms with Crippen LogP contribution in [0.1, 0.15) is 42.2 Å². The summed E-state index contributed by atoms with van der Waals surface area (Å²) in [5.74, 6) is -0.623. The molecule has 0 radical (unpaired) electrons. The van der Waals surface area contributed by atoms with Gasteiger partial charge in [-0.2, -0.15) is 16.8 Å². The maximum Gasteiger partial charge on any atom is 0.264 e. The zero-order valence-electron chi connectivity index (χ0n) is 21.6. The molecule has 2 heterocycles. The van der Waals surface area contributed by atoms with Crippen molar-refractivity contribution in [2.45, 2.75) is 44.4 Å². The van der Waals surface area contributed by atoms with E-state index in [1.54, 1.807) is 23.1 Å². The number of nitrogens with zero attached hydrogens (tertiary/aromatic N) is 1. The Hall–Kier alpha value is -1.86. The molecule has 7 nitrogen and oxygen atoms in total. The summed E-state index contributed by atoms with van der Waals surface area (Å²) in [5, 5.41) is 2.54. The molecule has 1 aliphatic heterocycles. The first kappa shape index (κ1) is 30.1. The Bertz CT molecular complexity index is 1660. The highest BCUT2D eigenvalue weighted by molar-refractivity contribution is 8.03. The van der Waals surface area contributed by atoms with Crippen molar-refractivity contribution in [2.24, 2.45) is 0 Å². The Morgan fingerprint density at radius 1 is 1.03 bits per heavy atom. The Labute approximate surface area is 243 Å². The third-order valence-electron chi connectivity index (χ3n) is 6.32. The second-order valence-corrected chi connectivity index (χ2v) is 15.1. The van der Waals surface area contributed by atoms with E-state index >= 15 is 0 Å². The van der Waals surface area contributed by atoms with E-state index in [1.165, 1.54) is 0 Å². The molecule has 39 heavy (non-hydrogen) atoms. The van der Waals surface area contributed by atoms with E-state index < -0.39 is 20.2 Å². The normalized spacial score (nSPS) is 15.5. The highest BCUT2D eigenvalue weighted by Crippen LogP contribution is 2.47. The third kappa shape index (κ3) is 8.09. The summed E-state index contributed by atoms with van der Waals surface area (Å²) in [6.07, 6.45) is 5.99. The molecular formula is C27H30ClNO6S4. The summed E-state index contributed by atoms with van der Waals surface area (Å²) in [5.41, 5.74) is 4.16. The average Bonchev–Trinajstić information content (AvgIpc) is 3.34. The lowest BCUT2D eigenvalue weighted by atomic mass is 10.0. The van der Waals surface area contributed by atoms with Crippen molar-refractivity contribution in [1.82, 2.24) is 0 Å². The molecule has 0 unspecified atom stereocenters. The number of hydrogen-bond donors (Lipinski definition) is 2. The lowest BCUT2D eigenvalue weighted by Gasteiger charge is -2.21. The first-order valence-corrected chi connectivity index (χ1v) is 17.7. The number of anilines is 1. The van der Waals surface area contributed by atoms with Gasteiger partial charge in [-0.05, 0) is 97.2 Å². The van der Waals surface area contributed by atoms with E-state index in [2.05, 4.69) is 36.1 Å². The average molecular weight is 628 g/mol. The van der Waals surface area contributed by atoms with Crippen LogP contribution in [0, 0.1) is 6.92 Å². The van der Waals surface area contributed by atoms with Crippen molar-refractivity contribution in [1.29, 1.82) is 0 Å². The summed E-state index contributed by atoms with van der Waals surface area (Å²) in [6, 6.07) is 11.9. The van der Waals surface area contributed by atoms with Crippen LogP contribution in [0.4, 0.5) is 5.69 Å². The predicted octanol–water partition coefficient (Wildman–Crippen LogP) is 7.21. The molecule has 0 fully saturated rings. The number of thioether (sulfide) groups is 1. The molecule has 1 aliphatic rings. The molecule has 0 saturated heterocycles. The van der Waals surface area contributed by atoms with Gasteiger partial charge in [-0.15, -0.1) is 11.3 Å². The Balaban J connectivity index is 1.71. The van der Waals surface area contributed by atoms with Gasteiger partial charge in [0, 0.05) is 26.0 Å². The second-order valence-electron chi connectivity index (χ2n) is 9.39. The van der Waals surface area contributed by atoms with Gasteiger partial charge in [0.25, 0.3) is 20.2 Å². The van der Waals surface area contributed by atoms with Crippen molar-refractivity contribution >= 4 is 76.8 Å². The van der Waals surface area contributed by atoms with Crippen molar-refractivity contribution in [3.05, 3.63) is 74.1 Å². The maximum atomic E-state index is 11.3. The summed E-state index contributed by atoms with van der Waals surface area (Å²) < 4.78 is 64.8. The molecule has 210 valence electrons. The Morgan fingerprint density at radius 3 is 2.44 bits per heavy atom. The molecule has 3 aromatic rings. The van der Waals surface area contributed by atoms with Crippen LogP contribution < -0.4 is 4.90 Å². The first-order chi connectivity index (χ1) is 18.3. The van der Waals surface area contributed by atoms with Gasteiger partial charge in [0.05, 0.1) is 22.2 Å². The molecule has 2 aromatic carbocycles.